The van der Waals surface area contributed by atoms with Crippen molar-refractivity contribution < 1.29 is 14.6 Å². The molecule has 0 aliphatic carbocycles. The molecule has 4 heteroatoms. The van der Waals surface area contributed by atoms with Crippen molar-refractivity contribution in [3.8, 4) is 0 Å². The first-order chi connectivity index (χ1) is 8.56. The average Bonchev–Trinajstić information content (AvgIpc) is 2.38. The first kappa shape index (κ1) is 15.3. The quantitative estimate of drug-likeness (QED) is 0.823. The summed E-state index contributed by atoms with van der Waals surface area (Å²) in [5, 5.41) is 9.44. The van der Waals surface area contributed by atoms with Crippen molar-refractivity contribution in [1.82, 2.24) is 4.90 Å². The van der Waals surface area contributed by atoms with Gasteiger partial charge in [-0.1, -0.05) is 27.2 Å². The number of piperidine rings is 1. The van der Waals surface area contributed by atoms with E-state index < -0.39 is 0 Å². The van der Waals surface area contributed by atoms with Crippen LogP contribution in [0.4, 0.5) is 4.79 Å². The van der Waals surface area contributed by atoms with Gasteiger partial charge in [0.1, 0.15) is 5.60 Å². The summed E-state index contributed by atoms with van der Waals surface area (Å²) in [5.41, 5.74) is -0.304. The molecular weight excluding hydrogens is 230 g/mol. The molecule has 1 saturated heterocycles. The number of likely N-dealkylation sites (tertiary alicyclic amines) is 1. The smallest absolute Gasteiger partial charge is 0.410 e. The first-order valence-corrected chi connectivity index (χ1v) is 7.23. The zero-order valence-corrected chi connectivity index (χ0v) is 11.9. The Morgan fingerprint density at radius 2 is 1.83 bits per heavy atom. The molecule has 0 unspecified atom stereocenters. The van der Waals surface area contributed by atoms with Gasteiger partial charge in [-0.25, -0.2) is 4.79 Å². The van der Waals surface area contributed by atoms with Crippen LogP contribution in [0.2, 0.25) is 0 Å². The van der Waals surface area contributed by atoms with Gasteiger partial charge in [0.25, 0.3) is 0 Å². The molecule has 1 aliphatic rings. The summed E-state index contributed by atoms with van der Waals surface area (Å²) in [7, 11) is 0. The second-order valence-corrected chi connectivity index (χ2v) is 5.23. The van der Waals surface area contributed by atoms with E-state index >= 15 is 0 Å². The minimum atomic E-state index is -0.304. The molecule has 1 N–H and O–H groups in total. The fourth-order valence-corrected chi connectivity index (χ4v) is 2.55. The molecule has 1 rings (SSSR count). The highest BCUT2D eigenvalue weighted by molar-refractivity contribution is 5.68. The second kappa shape index (κ2) is 6.98. The van der Waals surface area contributed by atoms with E-state index in [0.717, 1.165) is 25.7 Å². The van der Waals surface area contributed by atoms with E-state index in [2.05, 4.69) is 20.8 Å². The van der Waals surface area contributed by atoms with Crippen LogP contribution in [0, 0.1) is 0 Å². The van der Waals surface area contributed by atoms with Crippen LogP contribution in [-0.4, -0.2) is 40.9 Å². The van der Waals surface area contributed by atoms with E-state index in [1.807, 2.05) is 0 Å². The number of ether oxygens (including phenoxy) is 1. The van der Waals surface area contributed by atoms with E-state index in [1.165, 1.54) is 0 Å². The zero-order valence-electron chi connectivity index (χ0n) is 11.9. The lowest BCUT2D eigenvalue weighted by Gasteiger charge is -2.36. The van der Waals surface area contributed by atoms with Crippen LogP contribution < -0.4 is 0 Å². The highest BCUT2D eigenvalue weighted by atomic mass is 16.6. The van der Waals surface area contributed by atoms with Crippen molar-refractivity contribution in [1.29, 1.82) is 0 Å². The molecule has 0 spiro atoms. The Morgan fingerprint density at radius 3 is 2.28 bits per heavy atom. The molecule has 0 aromatic carbocycles. The number of hydrogen-bond acceptors (Lipinski definition) is 3. The van der Waals surface area contributed by atoms with Gasteiger partial charge in [0.15, 0.2) is 0 Å². The monoisotopic (exact) mass is 257 g/mol. The van der Waals surface area contributed by atoms with Crippen LogP contribution in [0.25, 0.3) is 0 Å². The van der Waals surface area contributed by atoms with Crippen molar-refractivity contribution in [2.75, 3.05) is 13.1 Å². The third kappa shape index (κ3) is 3.87. The second-order valence-electron chi connectivity index (χ2n) is 5.23. The summed E-state index contributed by atoms with van der Waals surface area (Å²) in [6.45, 7) is 7.48. The van der Waals surface area contributed by atoms with E-state index in [0.29, 0.717) is 25.9 Å². The number of carbonyl (C=O) groups excluding carboxylic acids is 1. The maximum absolute atomic E-state index is 12.1. The molecule has 0 atom stereocenters. The largest absolute Gasteiger partial charge is 0.443 e. The Bertz CT molecular complexity index is 256. The van der Waals surface area contributed by atoms with Crippen LogP contribution in [0.5, 0.6) is 0 Å². The van der Waals surface area contributed by atoms with Gasteiger partial charge in [-0.2, -0.15) is 0 Å². The van der Waals surface area contributed by atoms with Crippen LogP contribution in [0.15, 0.2) is 0 Å². The molecule has 0 aromatic rings. The summed E-state index contributed by atoms with van der Waals surface area (Å²) in [4.78, 5) is 13.9. The van der Waals surface area contributed by atoms with Gasteiger partial charge >= 0.3 is 6.09 Å². The Hall–Kier alpha value is -0.770. The fraction of sp³-hybridized carbons (Fsp3) is 0.929. The molecule has 18 heavy (non-hydrogen) atoms. The van der Waals surface area contributed by atoms with Gasteiger partial charge in [-0.3, -0.25) is 0 Å². The van der Waals surface area contributed by atoms with E-state index in [4.69, 9.17) is 4.74 Å². The number of aliphatic hydroxyl groups is 1. The molecule has 1 amide bonds. The predicted molar refractivity (Wildman–Crippen MR) is 71.5 cm³/mol. The summed E-state index contributed by atoms with van der Waals surface area (Å²) < 4.78 is 5.76. The van der Waals surface area contributed by atoms with Gasteiger partial charge < -0.3 is 14.7 Å². The third-order valence-corrected chi connectivity index (χ3v) is 4.02. The van der Waals surface area contributed by atoms with Crippen LogP contribution in [0.3, 0.4) is 0 Å². The Labute approximate surface area is 110 Å². The molecule has 4 nitrogen and oxygen atoms in total. The Kier molecular flexibility index (Phi) is 5.93. The Balaban J connectivity index is 2.55. The van der Waals surface area contributed by atoms with Crippen molar-refractivity contribution in [2.24, 2.45) is 0 Å². The number of amides is 1. The van der Waals surface area contributed by atoms with Crippen molar-refractivity contribution in [3.63, 3.8) is 0 Å². The Morgan fingerprint density at radius 1 is 1.28 bits per heavy atom. The van der Waals surface area contributed by atoms with Crippen LogP contribution >= 0.6 is 0 Å². The van der Waals surface area contributed by atoms with Gasteiger partial charge in [0.05, 0.1) is 6.10 Å². The number of hydrogen-bond donors (Lipinski definition) is 1. The van der Waals surface area contributed by atoms with E-state index in [-0.39, 0.29) is 17.8 Å². The van der Waals surface area contributed by atoms with E-state index in [9.17, 15) is 9.90 Å². The molecule has 0 bridgehead atoms. The molecule has 0 aromatic heterocycles. The summed E-state index contributed by atoms with van der Waals surface area (Å²) in [6, 6.07) is 0. The van der Waals surface area contributed by atoms with Crippen molar-refractivity contribution in [3.05, 3.63) is 0 Å². The standard InChI is InChI=1S/C14H27NO3/c1-4-9-14(5-2,6-3)18-13(17)15-10-7-12(16)8-11-15/h12,16H,4-11H2,1-3H3. The van der Waals surface area contributed by atoms with Crippen LogP contribution in [-0.2, 0) is 4.74 Å². The predicted octanol–water partition coefficient (Wildman–Crippen LogP) is 2.94. The zero-order chi connectivity index (χ0) is 13.6. The lowest BCUT2D eigenvalue weighted by Crippen LogP contribution is -2.45. The van der Waals surface area contributed by atoms with Crippen LogP contribution in [0.1, 0.15) is 59.3 Å². The number of carbonyl (C=O) groups is 1. The lowest BCUT2D eigenvalue weighted by atomic mass is 9.92. The summed E-state index contributed by atoms with van der Waals surface area (Å²) in [6.07, 6.45) is 4.52. The van der Waals surface area contributed by atoms with Gasteiger partial charge in [-0.05, 0) is 32.1 Å². The molecule has 1 heterocycles. The minimum absolute atomic E-state index is 0.209. The van der Waals surface area contributed by atoms with E-state index in [1.54, 1.807) is 4.90 Å². The molecular formula is C14H27NO3. The van der Waals surface area contributed by atoms with Gasteiger partial charge in [0, 0.05) is 13.1 Å². The molecule has 0 radical (unpaired) electrons. The van der Waals surface area contributed by atoms with Crippen molar-refractivity contribution in [2.45, 2.75) is 71.0 Å². The number of aliphatic hydroxyl groups excluding tert-OH is 1. The maximum atomic E-state index is 12.1. The topological polar surface area (TPSA) is 49.8 Å². The fourth-order valence-electron chi connectivity index (χ4n) is 2.55. The first-order valence-electron chi connectivity index (χ1n) is 7.23. The highest BCUT2D eigenvalue weighted by Gasteiger charge is 2.32. The normalized spacial score (nSPS) is 17.9. The minimum Gasteiger partial charge on any atom is -0.443 e. The third-order valence-electron chi connectivity index (χ3n) is 4.02. The van der Waals surface area contributed by atoms with Crippen molar-refractivity contribution >= 4 is 6.09 Å². The number of rotatable bonds is 5. The highest BCUT2D eigenvalue weighted by Crippen LogP contribution is 2.27. The van der Waals surface area contributed by atoms with Gasteiger partial charge in [-0.15, -0.1) is 0 Å². The maximum Gasteiger partial charge on any atom is 0.410 e. The van der Waals surface area contributed by atoms with Gasteiger partial charge in [0.2, 0.25) is 0 Å². The SMILES string of the molecule is CCCC(CC)(CC)OC(=O)N1CCC(O)CC1. The molecule has 106 valence electrons. The molecule has 1 fully saturated rings. The number of nitrogens with zero attached hydrogens (tertiary/aromatic N) is 1. The molecule has 1 aliphatic heterocycles. The average molecular weight is 257 g/mol. The lowest BCUT2D eigenvalue weighted by molar-refractivity contribution is -0.0289. The summed E-state index contributed by atoms with van der Waals surface area (Å²) >= 11 is 0. The molecule has 0 saturated carbocycles. The summed E-state index contributed by atoms with van der Waals surface area (Å²) in [5.74, 6) is 0.